The molecule has 1 aliphatic carbocycles. The van der Waals surface area contributed by atoms with E-state index < -0.39 is 17.0 Å². The molecule has 0 spiro atoms. The van der Waals surface area contributed by atoms with Crippen molar-refractivity contribution in [1.82, 2.24) is 9.97 Å². The van der Waals surface area contributed by atoms with E-state index in [1.165, 1.54) is 6.20 Å². The average molecular weight is 466 g/mol. The summed E-state index contributed by atoms with van der Waals surface area (Å²) < 4.78 is 22.1. The zero-order chi connectivity index (χ0) is 23.4. The van der Waals surface area contributed by atoms with Crippen LogP contribution in [0.2, 0.25) is 0 Å². The number of carbonyl (C=O) groups excluding carboxylic acids is 1. The van der Waals surface area contributed by atoms with Gasteiger partial charge < -0.3 is 26.7 Å². The first-order chi connectivity index (χ1) is 15.9. The fourth-order valence-corrected chi connectivity index (χ4v) is 4.23. The van der Waals surface area contributed by atoms with Crippen LogP contribution in [-0.4, -0.2) is 36.7 Å². The number of carbonyl (C=O) groups is 1. The molecule has 1 aromatic heterocycles. The van der Waals surface area contributed by atoms with E-state index in [2.05, 4.69) is 20.6 Å². The number of benzene rings is 2. The minimum Gasteiger partial charge on any atom is -0.768 e. The molecule has 3 atom stereocenters. The molecule has 6 N–H and O–H groups in total. The zero-order valence-corrected chi connectivity index (χ0v) is 18.7. The number of hydrogen-bond acceptors (Lipinski definition) is 8. The largest absolute Gasteiger partial charge is 0.768 e. The van der Waals surface area contributed by atoms with Crippen molar-refractivity contribution < 1.29 is 13.6 Å². The number of nitrogens with one attached hydrogen (secondary N) is 2. The standard InChI is InChI=1S/C23H26N6O3S/c24-19-3-1-2-4-20(19)28-23-26-13-18(21(25)30)22(29-23)27-16-9-5-14(6-10-16)15-7-11-17(12-8-15)33(31)32/h5-13,19-20H,1-4,24H2,(H2,25,30)(H,31,32)(H2,26,27,28,29)/p-1. The number of anilines is 3. The maximum atomic E-state index is 11.9. The number of nitrogens with zero attached hydrogens (tertiary/aromatic N) is 2. The predicted octanol–water partition coefficient (Wildman–Crippen LogP) is 2.91. The summed E-state index contributed by atoms with van der Waals surface area (Å²) in [6, 6.07) is 14.2. The van der Waals surface area contributed by atoms with Crippen molar-refractivity contribution in [2.75, 3.05) is 10.6 Å². The van der Waals surface area contributed by atoms with Crippen LogP contribution in [0.4, 0.5) is 17.5 Å². The van der Waals surface area contributed by atoms with E-state index in [0.29, 0.717) is 17.5 Å². The number of nitrogens with two attached hydrogens (primary N) is 2. The van der Waals surface area contributed by atoms with Crippen LogP contribution in [0.5, 0.6) is 0 Å². The fraction of sp³-hybridized carbons (Fsp3) is 0.261. The van der Waals surface area contributed by atoms with Crippen LogP contribution in [-0.2, 0) is 11.1 Å². The zero-order valence-electron chi connectivity index (χ0n) is 17.9. The van der Waals surface area contributed by atoms with Gasteiger partial charge in [0.15, 0.2) is 0 Å². The van der Waals surface area contributed by atoms with Crippen LogP contribution >= 0.6 is 0 Å². The van der Waals surface area contributed by atoms with Gasteiger partial charge in [0.25, 0.3) is 5.91 Å². The Labute approximate surface area is 194 Å². The number of aromatic nitrogens is 2. The van der Waals surface area contributed by atoms with Gasteiger partial charge in [-0.3, -0.25) is 9.00 Å². The number of rotatable bonds is 7. The molecule has 33 heavy (non-hydrogen) atoms. The molecule has 2 aromatic carbocycles. The van der Waals surface area contributed by atoms with Crippen LogP contribution in [0.15, 0.2) is 59.6 Å². The van der Waals surface area contributed by atoms with Crippen molar-refractivity contribution in [3.8, 4) is 11.1 Å². The minimum absolute atomic E-state index is 0.0322. The number of amides is 1. The van der Waals surface area contributed by atoms with Gasteiger partial charge in [-0.2, -0.15) is 4.98 Å². The summed E-state index contributed by atoms with van der Waals surface area (Å²) in [6.07, 6.45) is 5.51. The monoisotopic (exact) mass is 465 g/mol. The summed E-state index contributed by atoms with van der Waals surface area (Å²) in [4.78, 5) is 20.9. The van der Waals surface area contributed by atoms with E-state index in [0.717, 1.165) is 36.8 Å². The van der Waals surface area contributed by atoms with Gasteiger partial charge >= 0.3 is 0 Å². The van der Waals surface area contributed by atoms with Gasteiger partial charge in [-0.05, 0) is 59.3 Å². The first kappa shape index (κ1) is 22.8. The van der Waals surface area contributed by atoms with Gasteiger partial charge in [-0.25, -0.2) is 4.98 Å². The maximum absolute atomic E-state index is 11.9. The number of primary amides is 1. The summed E-state index contributed by atoms with van der Waals surface area (Å²) in [7, 11) is 0. The molecule has 10 heteroatoms. The van der Waals surface area contributed by atoms with Crippen molar-refractivity contribution in [3.63, 3.8) is 0 Å². The molecule has 1 saturated carbocycles. The lowest BCUT2D eigenvalue weighted by Crippen LogP contribution is -2.43. The molecule has 3 unspecified atom stereocenters. The van der Waals surface area contributed by atoms with E-state index in [4.69, 9.17) is 11.5 Å². The normalized spacial score (nSPS) is 19.0. The molecule has 1 fully saturated rings. The van der Waals surface area contributed by atoms with Crippen LogP contribution in [0, 0.1) is 0 Å². The smallest absolute Gasteiger partial charge is 0.254 e. The number of hydrogen-bond donors (Lipinski definition) is 4. The first-order valence-electron chi connectivity index (χ1n) is 10.7. The lowest BCUT2D eigenvalue weighted by atomic mass is 9.91. The quantitative estimate of drug-likeness (QED) is 0.388. The van der Waals surface area contributed by atoms with Crippen molar-refractivity contribution >= 4 is 34.4 Å². The van der Waals surface area contributed by atoms with Gasteiger partial charge in [-0.15, -0.1) is 0 Å². The molecular formula is C23H25N6O3S-. The molecular weight excluding hydrogens is 440 g/mol. The second kappa shape index (κ2) is 10.1. The molecule has 1 amide bonds. The van der Waals surface area contributed by atoms with E-state index in [1.54, 1.807) is 24.3 Å². The Morgan fingerprint density at radius 1 is 1.03 bits per heavy atom. The second-order valence-corrected chi connectivity index (χ2v) is 8.92. The highest BCUT2D eigenvalue weighted by Gasteiger charge is 2.23. The Hall–Kier alpha value is -3.34. The van der Waals surface area contributed by atoms with E-state index in [9.17, 15) is 13.6 Å². The van der Waals surface area contributed by atoms with E-state index in [-0.39, 0.29) is 22.5 Å². The van der Waals surface area contributed by atoms with Crippen LogP contribution < -0.4 is 22.1 Å². The van der Waals surface area contributed by atoms with Gasteiger partial charge in [0.1, 0.15) is 11.4 Å². The molecule has 1 heterocycles. The molecule has 9 nitrogen and oxygen atoms in total. The molecule has 172 valence electrons. The van der Waals surface area contributed by atoms with Crippen LogP contribution in [0.3, 0.4) is 0 Å². The molecule has 0 radical (unpaired) electrons. The average Bonchev–Trinajstić information content (AvgIpc) is 2.81. The van der Waals surface area contributed by atoms with Crippen molar-refractivity contribution in [2.24, 2.45) is 11.5 Å². The van der Waals surface area contributed by atoms with Gasteiger partial charge in [-0.1, -0.05) is 37.1 Å². The highest BCUT2D eigenvalue weighted by atomic mass is 32.2. The highest BCUT2D eigenvalue weighted by molar-refractivity contribution is 7.79. The van der Waals surface area contributed by atoms with E-state index in [1.807, 2.05) is 24.3 Å². The highest BCUT2D eigenvalue weighted by Crippen LogP contribution is 2.26. The molecule has 3 aromatic rings. The fourth-order valence-electron chi connectivity index (χ4n) is 3.87. The van der Waals surface area contributed by atoms with Crippen molar-refractivity contribution in [1.29, 1.82) is 0 Å². The maximum Gasteiger partial charge on any atom is 0.254 e. The third kappa shape index (κ3) is 5.54. The van der Waals surface area contributed by atoms with Gasteiger partial charge in [0.2, 0.25) is 5.95 Å². The molecule has 0 bridgehead atoms. The first-order valence-corrected chi connectivity index (χ1v) is 11.7. The Balaban J connectivity index is 1.53. The lowest BCUT2D eigenvalue weighted by molar-refractivity contribution is 0.100. The Morgan fingerprint density at radius 2 is 1.67 bits per heavy atom. The van der Waals surface area contributed by atoms with Gasteiger partial charge in [0.05, 0.1) is 0 Å². The minimum atomic E-state index is -2.25. The third-order valence-electron chi connectivity index (χ3n) is 5.72. The van der Waals surface area contributed by atoms with E-state index >= 15 is 0 Å². The molecule has 4 rings (SSSR count). The molecule has 1 aliphatic rings. The Morgan fingerprint density at radius 3 is 2.27 bits per heavy atom. The second-order valence-electron chi connectivity index (χ2n) is 7.98. The summed E-state index contributed by atoms with van der Waals surface area (Å²) in [6.45, 7) is 0. The lowest BCUT2D eigenvalue weighted by Gasteiger charge is -2.29. The summed E-state index contributed by atoms with van der Waals surface area (Å²) in [5, 5.41) is 6.42. The van der Waals surface area contributed by atoms with Crippen LogP contribution in [0.1, 0.15) is 36.0 Å². The van der Waals surface area contributed by atoms with Crippen molar-refractivity contribution in [3.05, 3.63) is 60.3 Å². The van der Waals surface area contributed by atoms with Crippen molar-refractivity contribution in [2.45, 2.75) is 42.7 Å². The molecule has 0 aliphatic heterocycles. The Bertz CT molecular complexity index is 1150. The summed E-state index contributed by atoms with van der Waals surface area (Å²) in [5.41, 5.74) is 14.4. The third-order valence-corrected chi connectivity index (χ3v) is 6.37. The summed E-state index contributed by atoms with van der Waals surface area (Å²) >= 11 is -2.25. The predicted molar refractivity (Wildman–Crippen MR) is 127 cm³/mol. The summed E-state index contributed by atoms with van der Waals surface area (Å²) in [5.74, 6) is 0.0580. The van der Waals surface area contributed by atoms with Gasteiger partial charge in [0, 0.05) is 28.9 Å². The SMILES string of the molecule is NC(=O)c1cnc(NC2CCCCC2N)nc1Nc1ccc(-c2ccc(S(=O)[O-])cc2)cc1. The molecule has 0 saturated heterocycles. The topological polar surface area (TPSA) is 159 Å². The Kier molecular flexibility index (Phi) is 6.97. The van der Waals surface area contributed by atoms with Crippen LogP contribution in [0.25, 0.3) is 11.1 Å².